The number of unbranched alkanes of at least 4 members (excludes halogenated alkanes) is 12. The van der Waals surface area contributed by atoms with Crippen molar-refractivity contribution in [2.75, 3.05) is 31.7 Å². The van der Waals surface area contributed by atoms with Gasteiger partial charge in [-0.3, -0.25) is 0 Å². The van der Waals surface area contributed by atoms with Crippen LogP contribution in [0.4, 0.5) is 11.4 Å². The molecule has 0 aliphatic rings. The molecule has 0 spiro atoms. The van der Waals surface area contributed by atoms with Gasteiger partial charge >= 0.3 is 0 Å². The molecule has 0 aliphatic heterocycles. The Morgan fingerprint density at radius 3 is 1.10 bits per heavy atom. The van der Waals surface area contributed by atoms with Crippen molar-refractivity contribution < 1.29 is 18.9 Å². The molecule has 0 saturated heterocycles. The third kappa shape index (κ3) is 15.3. The van der Waals surface area contributed by atoms with Crippen molar-refractivity contribution in [1.82, 2.24) is 0 Å². The molecule has 41 heavy (non-hydrogen) atoms. The van der Waals surface area contributed by atoms with Crippen LogP contribution in [0, 0.1) is 0 Å². The Bertz CT molecular complexity index is 843. The highest BCUT2D eigenvalue weighted by Gasteiger charge is 2.12. The summed E-state index contributed by atoms with van der Waals surface area (Å²) >= 11 is 0. The Kier molecular flexibility index (Phi) is 19.5. The Morgan fingerprint density at radius 1 is 0.415 bits per heavy atom. The zero-order valence-electron chi connectivity index (χ0n) is 26.7. The van der Waals surface area contributed by atoms with Gasteiger partial charge in [0.15, 0.2) is 0 Å². The van der Waals surface area contributed by atoms with E-state index in [1.165, 1.54) is 77.0 Å². The summed E-state index contributed by atoms with van der Waals surface area (Å²) in [5, 5.41) is 3.61. The summed E-state index contributed by atoms with van der Waals surface area (Å²) in [5.41, 5.74) is 1.84. The molecule has 2 aromatic rings. The van der Waals surface area contributed by atoms with Gasteiger partial charge in [-0.25, -0.2) is 0 Å². The number of rotatable bonds is 26. The fraction of sp³-hybridized carbons (Fsp3) is 0.667. The van der Waals surface area contributed by atoms with Crippen molar-refractivity contribution in [2.45, 2.75) is 130 Å². The number of anilines is 2. The Labute approximate surface area is 251 Å². The molecule has 0 aliphatic carbocycles. The largest absolute Gasteiger partial charge is 0.493 e. The van der Waals surface area contributed by atoms with Crippen molar-refractivity contribution in [2.24, 2.45) is 0 Å². The summed E-state index contributed by atoms with van der Waals surface area (Å²) in [4.78, 5) is 0. The topological polar surface area (TPSA) is 49.0 Å². The predicted octanol–water partition coefficient (Wildman–Crippen LogP) is 11.3. The Hall–Kier alpha value is -2.56. The molecule has 2 aromatic carbocycles. The highest BCUT2D eigenvalue weighted by molar-refractivity contribution is 5.72. The molecule has 0 fully saturated rings. The van der Waals surface area contributed by atoms with Crippen LogP contribution in [0.3, 0.4) is 0 Å². The summed E-state index contributed by atoms with van der Waals surface area (Å²) in [5.74, 6) is 3.35. The molecule has 0 heterocycles. The van der Waals surface area contributed by atoms with Gasteiger partial charge in [-0.1, -0.05) is 105 Å². The first-order valence-electron chi connectivity index (χ1n) is 16.8. The quantitative estimate of drug-likeness (QED) is 0.114. The fourth-order valence-corrected chi connectivity index (χ4v) is 4.63. The highest BCUT2D eigenvalue weighted by atomic mass is 16.5. The van der Waals surface area contributed by atoms with E-state index in [4.69, 9.17) is 18.9 Å². The molecular formula is C36H59NO4. The smallest absolute Gasteiger partial charge is 0.146 e. The van der Waals surface area contributed by atoms with E-state index < -0.39 is 0 Å². The van der Waals surface area contributed by atoms with Crippen molar-refractivity contribution in [3.8, 4) is 23.0 Å². The van der Waals surface area contributed by atoms with Gasteiger partial charge in [-0.2, -0.15) is 0 Å². The van der Waals surface area contributed by atoms with E-state index in [0.717, 1.165) is 73.3 Å². The molecule has 5 nitrogen and oxygen atoms in total. The van der Waals surface area contributed by atoms with Crippen LogP contribution in [0.1, 0.15) is 130 Å². The van der Waals surface area contributed by atoms with E-state index in [-0.39, 0.29) is 0 Å². The first-order chi connectivity index (χ1) is 20.2. The second-order valence-electron chi connectivity index (χ2n) is 11.1. The molecule has 0 bridgehead atoms. The van der Waals surface area contributed by atoms with E-state index in [1.807, 2.05) is 24.3 Å². The van der Waals surface area contributed by atoms with E-state index in [9.17, 15) is 0 Å². The minimum absolute atomic E-state index is 0.695. The van der Waals surface area contributed by atoms with Gasteiger partial charge in [0, 0.05) is 12.1 Å². The lowest BCUT2D eigenvalue weighted by molar-refractivity contribution is 0.290. The minimum Gasteiger partial charge on any atom is -0.493 e. The minimum atomic E-state index is 0.695. The van der Waals surface area contributed by atoms with E-state index in [0.29, 0.717) is 13.2 Å². The lowest BCUT2D eigenvalue weighted by Gasteiger charge is -2.18. The lowest BCUT2D eigenvalue weighted by Crippen LogP contribution is -2.05. The van der Waals surface area contributed by atoms with Crippen LogP contribution in [0.25, 0.3) is 0 Å². The van der Waals surface area contributed by atoms with E-state index >= 15 is 0 Å². The second kappa shape index (κ2) is 23.1. The van der Waals surface area contributed by atoms with Crippen molar-refractivity contribution in [3.63, 3.8) is 0 Å². The number of hydrogen-bond donors (Lipinski definition) is 1. The lowest BCUT2D eigenvalue weighted by atomic mass is 10.2. The van der Waals surface area contributed by atoms with Gasteiger partial charge in [0.1, 0.15) is 23.0 Å². The number of benzene rings is 2. The Morgan fingerprint density at radius 2 is 0.756 bits per heavy atom. The van der Waals surface area contributed by atoms with Gasteiger partial charge in [-0.15, -0.1) is 0 Å². The Balaban J connectivity index is 2.16. The van der Waals surface area contributed by atoms with Crippen LogP contribution in [0.2, 0.25) is 0 Å². The zero-order valence-corrected chi connectivity index (χ0v) is 26.7. The number of hydrogen-bond acceptors (Lipinski definition) is 5. The average molecular weight is 570 g/mol. The van der Waals surface area contributed by atoms with Crippen molar-refractivity contribution in [1.29, 1.82) is 0 Å². The third-order valence-electron chi connectivity index (χ3n) is 7.22. The standard InChI is InChI=1S/C36H59NO4/c1-5-9-13-17-25-38-31-21-23-33(35(29-31)40-27-19-15-11-7-3)37-34-24-22-32(39-26-18-14-10-6-2)30-36(34)41-28-20-16-12-8-4/h21-24,29-30,37H,5-20,25-28H2,1-4H3. The molecule has 1 N–H and O–H groups in total. The highest BCUT2D eigenvalue weighted by Crippen LogP contribution is 2.37. The molecule has 0 aromatic heterocycles. The molecule has 0 unspecified atom stereocenters. The van der Waals surface area contributed by atoms with Crippen molar-refractivity contribution in [3.05, 3.63) is 36.4 Å². The maximum Gasteiger partial charge on any atom is 0.146 e. The summed E-state index contributed by atoms with van der Waals surface area (Å²) in [6, 6.07) is 12.2. The molecule has 0 atom stereocenters. The monoisotopic (exact) mass is 569 g/mol. The number of ether oxygens (including phenoxy) is 4. The van der Waals surface area contributed by atoms with Gasteiger partial charge in [0.2, 0.25) is 0 Å². The van der Waals surface area contributed by atoms with Gasteiger partial charge in [0.05, 0.1) is 37.8 Å². The fourth-order valence-electron chi connectivity index (χ4n) is 4.63. The van der Waals surface area contributed by atoms with E-state index in [2.05, 4.69) is 45.1 Å². The maximum atomic E-state index is 6.31. The normalized spacial score (nSPS) is 10.9. The first kappa shape index (κ1) is 34.6. The maximum absolute atomic E-state index is 6.31. The predicted molar refractivity (Wildman–Crippen MR) is 175 cm³/mol. The van der Waals surface area contributed by atoms with Crippen LogP contribution in [-0.2, 0) is 0 Å². The van der Waals surface area contributed by atoms with Gasteiger partial charge in [-0.05, 0) is 49.9 Å². The SMILES string of the molecule is CCCCCCOc1ccc(Nc2ccc(OCCCCCC)cc2OCCCCCC)c(OCCCCCC)c1. The molecule has 232 valence electrons. The summed E-state index contributed by atoms with van der Waals surface area (Å²) in [6.45, 7) is 11.8. The molecule has 0 amide bonds. The van der Waals surface area contributed by atoms with Gasteiger partial charge < -0.3 is 24.3 Å². The molecular weight excluding hydrogens is 510 g/mol. The summed E-state index contributed by atoms with van der Waals surface area (Å²) in [7, 11) is 0. The first-order valence-corrected chi connectivity index (χ1v) is 16.8. The van der Waals surface area contributed by atoms with Crippen LogP contribution >= 0.6 is 0 Å². The molecule has 0 saturated carbocycles. The van der Waals surface area contributed by atoms with Crippen LogP contribution in [-0.4, -0.2) is 26.4 Å². The zero-order chi connectivity index (χ0) is 29.4. The van der Waals surface area contributed by atoms with Crippen LogP contribution in [0.15, 0.2) is 36.4 Å². The summed E-state index contributed by atoms with van der Waals surface area (Å²) in [6.07, 6.45) is 18.9. The average Bonchev–Trinajstić information content (AvgIpc) is 2.98. The molecule has 2 rings (SSSR count). The summed E-state index contributed by atoms with van der Waals surface area (Å²) < 4.78 is 24.8. The van der Waals surface area contributed by atoms with Crippen LogP contribution in [0.5, 0.6) is 23.0 Å². The number of nitrogens with one attached hydrogen (secondary N) is 1. The molecule has 5 heteroatoms. The van der Waals surface area contributed by atoms with Crippen molar-refractivity contribution >= 4 is 11.4 Å². The molecule has 0 radical (unpaired) electrons. The second-order valence-corrected chi connectivity index (χ2v) is 11.1. The van der Waals surface area contributed by atoms with Crippen LogP contribution < -0.4 is 24.3 Å². The third-order valence-corrected chi connectivity index (χ3v) is 7.22. The van der Waals surface area contributed by atoms with E-state index in [1.54, 1.807) is 0 Å². The van der Waals surface area contributed by atoms with Gasteiger partial charge in [0.25, 0.3) is 0 Å².